The second kappa shape index (κ2) is 7.64. The smallest absolute Gasteiger partial charge is 0.248 e. The van der Waals surface area contributed by atoms with Crippen LogP contribution in [0.25, 0.3) is 11.2 Å². The lowest BCUT2D eigenvalue weighted by molar-refractivity contribution is 0.266. The normalized spacial score (nSPS) is 16.3. The molecule has 0 saturated carbocycles. The number of aliphatic hydroxyl groups is 1. The predicted octanol–water partition coefficient (Wildman–Crippen LogP) is 2.02. The number of nitrogens with zero attached hydrogens (tertiary/aromatic N) is 7. The van der Waals surface area contributed by atoms with Gasteiger partial charge in [-0.2, -0.15) is 4.98 Å². The summed E-state index contributed by atoms with van der Waals surface area (Å²) in [5, 5.41) is 17.5. The van der Waals surface area contributed by atoms with Crippen LogP contribution in [0.1, 0.15) is 12.8 Å². The number of ether oxygens (including phenoxy) is 1. The van der Waals surface area contributed by atoms with E-state index in [0.29, 0.717) is 17.5 Å². The number of imidazole rings is 1. The molecular weight excluding hydrogens is 384 g/mol. The van der Waals surface area contributed by atoms with E-state index in [1.807, 2.05) is 35.2 Å². The molecular formula is C20H22N8O2. The second-order valence-corrected chi connectivity index (χ2v) is 7.14. The van der Waals surface area contributed by atoms with Gasteiger partial charge < -0.3 is 24.6 Å². The van der Waals surface area contributed by atoms with Crippen LogP contribution in [0.2, 0.25) is 0 Å². The number of aliphatic hydroxyl groups excluding tert-OH is 1. The lowest BCUT2D eigenvalue weighted by Crippen LogP contribution is -2.33. The molecule has 1 aliphatic heterocycles. The molecule has 1 fully saturated rings. The Balaban J connectivity index is 1.45. The Labute approximate surface area is 172 Å². The van der Waals surface area contributed by atoms with Crippen LogP contribution >= 0.6 is 0 Å². The van der Waals surface area contributed by atoms with Gasteiger partial charge in [-0.1, -0.05) is 0 Å². The van der Waals surface area contributed by atoms with E-state index in [0.717, 1.165) is 36.4 Å². The summed E-state index contributed by atoms with van der Waals surface area (Å²) < 4.78 is 8.87. The zero-order valence-corrected chi connectivity index (χ0v) is 16.5. The summed E-state index contributed by atoms with van der Waals surface area (Å²) in [6.07, 6.45) is 10.8. The molecule has 10 nitrogen and oxygen atoms in total. The average Bonchev–Trinajstić information content (AvgIpc) is 3.53. The minimum absolute atomic E-state index is 0.0752. The van der Waals surface area contributed by atoms with E-state index in [1.165, 1.54) is 0 Å². The lowest BCUT2D eigenvalue weighted by Gasteiger charge is -2.25. The number of pyridine rings is 1. The van der Waals surface area contributed by atoms with Gasteiger partial charge in [-0.25, -0.2) is 9.50 Å². The van der Waals surface area contributed by atoms with Crippen molar-refractivity contribution < 1.29 is 9.84 Å². The van der Waals surface area contributed by atoms with Gasteiger partial charge >= 0.3 is 0 Å². The second-order valence-electron chi connectivity index (χ2n) is 7.14. The highest BCUT2D eigenvalue weighted by atomic mass is 16.5. The number of hydrogen-bond donors (Lipinski definition) is 2. The number of nitrogens with one attached hydrogen (secondary N) is 1. The van der Waals surface area contributed by atoms with Gasteiger partial charge in [-0.15, -0.1) is 5.10 Å². The quantitative estimate of drug-likeness (QED) is 0.501. The molecule has 1 aliphatic rings. The molecule has 0 spiro atoms. The maximum absolute atomic E-state index is 9.74. The van der Waals surface area contributed by atoms with Gasteiger partial charge in [0.05, 0.1) is 44.0 Å². The fourth-order valence-electron chi connectivity index (χ4n) is 3.79. The molecule has 30 heavy (non-hydrogen) atoms. The van der Waals surface area contributed by atoms with Gasteiger partial charge in [0.15, 0.2) is 11.6 Å². The minimum atomic E-state index is 0.0752. The van der Waals surface area contributed by atoms with Gasteiger partial charge in [-0.05, 0) is 25.0 Å². The summed E-state index contributed by atoms with van der Waals surface area (Å²) in [6, 6.07) is 5.87. The van der Waals surface area contributed by atoms with Crippen molar-refractivity contribution in [3.63, 3.8) is 0 Å². The Morgan fingerprint density at radius 1 is 1.33 bits per heavy atom. The Morgan fingerprint density at radius 2 is 2.27 bits per heavy atom. The van der Waals surface area contributed by atoms with Crippen LogP contribution in [0, 0.1) is 0 Å². The van der Waals surface area contributed by atoms with Crippen molar-refractivity contribution in [2.45, 2.75) is 18.9 Å². The van der Waals surface area contributed by atoms with E-state index >= 15 is 0 Å². The Kier molecular flexibility index (Phi) is 4.68. The average molecular weight is 406 g/mol. The van der Waals surface area contributed by atoms with Gasteiger partial charge in [0, 0.05) is 18.8 Å². The third-order valence-corrected chi connectivity index (χ3v) is 5.29. The topological polar surface area (TPSA) is 106 Å². The van der Waals surface area contributed by atoms with Crippen molar-refractivity contribution in [1.29, 1.82) is 0 Å². The molecule has 0 amide bonds. The molecule has 154 valence electrons. The Hall–Kier alpha value is -3.66. The van der Waals surface area contributed by atoms with Crippen molar-refractivity contribution in [2.75, 3.05) is 30.5 Å². The third-order valence-electron chi connectivity index (χ3n) is 5.29. The molecule has 4 aromatic rings. The van der Waals surface area contributed by atoms with Crippen molar-refractivity contribution in [3.05, 3.63) is 49.3 Å². The van der Waals surface area contributed by atoms with Gasteiger partial charge in [0.1, 0.15) is 17.6 Å². The van der Waals surface area contributed by atoms with E-state index in [-0.39, 0.29) is 12.6 Å². The first-order valence-electron chi connectivity index (χ1n) is 9.78. The highest BCUT2D eigenvalue weighted by Gasteiger charge is 2.27. The standard InChI is InChI=1S/C20H22N8O2/c1-30-16-8-15(9-21-10-16)26-11-18(22-13-26)23-20-24-19(17-5-3-7-28(17)25-20)27-6-2-4-14(27)12-29/h3,5,7-11,13-14,29H,2,4,6,12H2,1H3,(H,23,25)/t14-/m0/s1. The molecule has 5 heterocycles. The summed E-state index contributed by atoms with van der Waals surface area (Å²) in [6.45, 7) is 0.971. The van der Waals surface area contributed by atoms with Crippen LogP contribution in [0.3, 0.4) is 0 Å². The fraction of sp³-hybridized carbons (Fsp3) is 0.300. The van der Waals surface area contributed by atoms with Crippen LogP contribution in [0.5, 0.6) is 5.75 Å². The first-order chi connectivity index (χ1) is 14.7. The summed E-state index contributed by atoms with van der Waals surface area (Å²) in [5.74, 6) is 2.53. The van der Waals surface area contributed by atoms with E-state index in [1.54, 1.807) is 30.3 Å². The minimum Gasteiger partial charge on any atom is -0.495 e. The monoisotopic (exact) mass is 406 g/mol. The number of fused-ring (bicyclic) bond motifs is 1. The number of rotatable bonds is 6. The van der Waals surface area contributed by atoms with E-state index in [9.17, 15) is 5.11 Å². The number of methoxy groups -OCH3 is 1. The van der Waals surface area contributed by atoms with Crippen LogP contribution in [0.15, 0.2) is 49.3 Å². The van der Waals surface area contributed by atoms with E-state index < -0.39 is 0 Å². The highest BCUT2D eigenvalue weighted by Crippen LogP contribution is 2.29. The molecule has 5 rings (SSSR count). The van der Waals surface area contributed by atoms with Gasteiger partial charge in [0.25, 0.3) is 0 Å². The summed E-state index contributed by atoms with van der Waals surface area (Å²) in [7, 11) is 1.61. The molecule has 0 aliphatic carbocycles. The van der Waals surface area contributed by atoms with E-state index in [2.05, 4.69) is 25.3 Å². The molecule has 2 N–H and O–H groups in total. The van der Waals surface area contributed by atoms with Gasteiger partial charge in [0.2, 0.25) is 5.95 Å². The van der Waals surface area contributed by atoms with Crippen LogP contribution < -0.4 is 15.0 Å². The molecule has 0 bridgehead atoms. The van der Waals surface area contributed by atoms with Crippen molar-refractivity contribution in [2.24, 2.45) is 0 Å². The first kappa shape index (κ1) is 18.4. The molecule has 10 heteroatoms. The largest absolute Gasteiger partial charge is 0.495 e. The number of anilines is 3. The summed E-state index contributed by atoms with van der Waals surface area (Å²) >= 11 is 0. The van der Waals surface area contributed by atoms with Crippen LogP contribution in [-0.4, -0.2) is 60.5 Å². The molecule has 0 aromatic carbocycles. The van der Waals surface area contributed by atoms with Crippen molar-refractivity contribution >= 4 is 23.1 Å². The Morgan fingerprint density at radius 3 is 3.13 bits per heavy atom. The Bertz CT molecular complexity index is 1170. The molecule has 0 radical (unpaired) electrons. The molecule has 0 unspecified atom stereocenters. The lowest BCUT2D eigenvalue weighted by atomic mass is 10.2. The number of aromatic nitrogens is 6. The third kappa shape index (κ3) is 3.30. The summed E-state index contributed by atoms with van der Waals surface area (Å²) in [5.41, 5.74) is 1.74. The molecule has 1 saturated heterocycles. The maximum Gasteiger partial charge on any atom is 0.248 e. The first-order valence-corrected chi connectivity index (χ1v) is 9.78. The SMILES string of the molecule is COc1cncc(-n2cnc(Nc3nc(N4CCC[C@H]4CO)c4cccn4n3)c2)c1. The fourth-order valence-corrected chi connectivity index (χ4v) is 3.79. The van der Waals surface area contributed by atoms with Crippen LogP contribution in [0.4, 0.5) is 17.6 Å². The zero-order chi connectivity index (χ0) is 20.5. The molecule has 1 atom stereocenters. The highest BCUT2D eigenvalue weighted by molar-refractivity contribution is 5.71. The number of hydrogen-bond acceptors (Lipinski definition) is 8. The van der Waals surface area contributed by atoms with Crippen molar-refractivity contribution in [3.8, 4) is 11.4 Å². The molecule has 4 aromatic heterocycles. The zero-order valence-electron chi connectivity index (χ0n) is 16.5. The summed E-state index contributed by atoms with van der Waals surface area (Å²) in [4.78, 5) is 15.5. The van der Waals surface area contributed by atoms with Gasteiger partial charge in [-0.3, -0.25) is 4.98 Å². The maximum atomic E-state index is 9.74. The van der Waals surface area contributed by atoms with Crippen molar-refractivity contribution in [1.82, 2.24) is 29.1 Å². The van der Waals surface area contributed by atoms with Crippen LogP contribution in [-0.2, 0) is 0 Å². The predicted molar refractivity (Wildman–Crippen MR) is 112 cm³/mol. The van der Waals surface area contributed by atoms with E-state index in [4.69, 9.17) is 9.72 Å².